The first kappa shape index (κ1) is 15.2. The molecule has 1 rings (SSSR count). The Hall–Kier alpha value is -0.800. The molecule has 0 bridgehead atoms. The van der Waals surface area contributed by atoms with Crippen LogP contribution in [0, 0.1) is 11.2 Å². The van der Waals surface area contributed by atoms with Crippen molar-refractivity contribution in [1.82, 2.24) is 0 Å². The monoisotopic (exact) mass is 247 g/mol. The second-order valence-corrected chi connectivity index (χ2v) is 4.74. The van der Waals surface area contributed by atoms with Gasteiger partial charge in [0.1, 0.15) is 0 Å². The van der Waals surface area contributed by atoms with Crippen LogP contribution < -0.4 is 10.5 Å². The highest BCUT2D eigenvalue weighted by molar-refractivity contribution is 5.85. The first-order valence-corrected chi connectivity index (χ1v) is 4.95. The van der Waals surface area contributed by atoms with Crippen LogP contribution in [0.4, 0.5) is 4.39 Å². The molecule has 0 radical (unpaired) electrons. The summed E-state index contributed by atoms with van der Waals surface area (Å²) in [5.41, 5.74) is 6.90. The Morgan fingerprint density at radius 2 is 1.88 bits per heavy atom. The molecule has 0 spiro atoms. The van der Waals surface area contributed by atoms with Gasteiger partial charge in [-0.3, -0.25) is 0 Å². The molecule has 16 heavy (non-hydrogen) atoms. The highest BCUT2D eigenvalue weighted by Crippen LogP contribution is 2.32. The van der Waals surface area contributed by atoms with Crippen molar-refractivity contribution >= 4 is 12.4 Å². The summed E-state index contributed by atoms with van der Waals surface area (Å²) in [6.45, 7) is 6.15. The Morgan fingerprint density at radius 3 is 2.31 bits per heavy atom. The van der Waals surface area contributed by atoms with Crippen molar-refractivity contribution in [3.05, 3.63) is 29.6 Å². The van der Waals surface area contributed by atoms with Gasteiger partial charge in [0.15, 0.2) is 11.6 Å². The molecule has 0 aliphatic carbocycles. The van der Waals surface area contributed by atoms with E-state index in [1.807, 2.05) is 20.8 Å². The normalized spacial score (nSPS) is 12.9. The molecule has 0 aliphatic rings. The van der Waals surface area contributed by atoms with Gasteiger partial charge in [-0.1, -0.05) is 26.8 Å². The molecular formula is C12H19ClFNO. The third-order valence-corrected chi connectivity index (χ3v) is 2.47. The van der Waals surface area contributed by atoms with Crippen LogP contribution in [0.2, 0.25) is 0 Å². The van der Waals surface area contributed by atoms with Crippen molar-refractivity contribution in [3.63, 3.8) is 0 Å². The zero-order valence-electron chi connectivity index (χ0n) is 10.1. The molecule has 2 N–H and O–H groups in total. The zero-order valence-corrected chi connectivity index (χ0v) is 10.9. The van der Waals surface area contributed by atoms with Gasteiger partial charge in [0.05, 0.1) is 7.11 Å². The maximum atomic E-state index is 13.2. The highest BCUT2D eigenvalue weighted by atomic mass is 35.5. The SMILES string of the molecule is COc1cc([C@H](N)C(C)(C)C)ccc1F.Cl. The summed E-state index contributed by atoms with van der Waals surface area (Å²) >= 11 is 0. The number of nitrogens with two attached hydrogens (primary N) is 1. The van der Waals surface area contributed by atoms with Crippen molar-refractivity contribution in [2.24, 2.45) is 11.1 Å². The molecule has 0 amide bonds. The Morgan fingerprint density at radius 1 is 1.31 bits per heavy atom. The van der Waals surface area contributed by atoms with E-state index in [4.69, 9.17) is 10.5 Å². The zero-order chi connectivity index (χ0) is 11.6. The number of methoxy groups -OCH3 is 1. The smallest absolute Gasteiger partial charge is 0.165 e. The minimum atomic E-state index is -0.359. The third-order valence-electron chi connectivity index (χ3n) is 2.47. The van der Waals surface area contributed by atoms with E-state index in [9.17, 15) is 4.39 Å². The summed E-state index contributed by atoms with van der Waals surface area (Å²) in [6, 6.07) is 4.62. The minimum absolute atomic E-state index is 0. The number of hydrogen-bond acceptors (Lipinski definition) is 2. The van der Waals surface area contributed by atoms with Gasteiger partial charge in [-0.25, -0.2) is 4.39 Å². The van der Waals surface area contributed by atoms with E-state index in [1.54, 1.807) is 12.1 Å². The summed E-state index contributed by atoms with van der Waals surface area (Å²) < 4.78 is 18.1. The van der Waals surface area contributed by atoms with E-state index >= 15 is 0 Å². The summed E-state index contributed by atoms with van der Waals surface area (Å²) in [5, 5.41) is 0. The molecule has 0 aliphatic heterocycles. The largest absolute Gasteiger partial charge is 0.494 e. The van der Waals surface area contributed by atoms with Crippen LogP contribution in [0.3, 0.4) is 0 Å². The number of rotatable bonds is 2. The van der Waals surface area contributed by atoms with Gasteiger partial charge in [-0.15, -0.1) is 12.4 Å². The lowest BCUT2D eigenvalue weighted by atomic mass is 9.83. The number of halogens is 2. The van der Waals surface area contributed by atoms with Crippen LogP contribution in [0.5, 0.6) is 5.75 Å². The standard InChI is InChI=1S/C12H18FNO.ClH/c1-12(2,3)11(14)8-5-6-9(13)10(7-8)15-4;/h5-7,11H,14H2,1-4H3;1H/t11-;/m0./s1. The molecule has 92 valence electrons. The average Bonchev–Trinajstić information content (AvgIpc) is 2.16. The molecule has 0 aromatic heterocycles. The van der Waals surface area contributed by atoms with Crippen LogP contribution in [-0.2, 0) is 0 Å². The lowest BCUT2D eigenvalue weighted by molar-refractivity contribution is 0.324. The number of ether oxygens (including phenoxy) is 1. The molecule has 0 saturated heterocycles. The lowest BCUT2D eigenvalue weighted by Gasteiger charge is -2.27. The van der Waals surface area contributed by atoms with Crippen molar-refractivity contribution < 1.29 is 9.13 Å². The van der Waals surface area contributed by atoms with Crippen LogP contribution in [0.1, 0.15) is 32.4 Å². The van der Waals surface area contributed by atoms with E-state index in [1.165, 1.54) is 13.2 Å². The van der Waals surface area contributed by atoms with E-state index in [0.29, 0.717) is 0 Å². The van der Waals surface area contributed by atoms with E-state index in [0.717, 1.165) is 5.56 Å². The predicted octanol–water partition coefficient (Wildman–Crippen LogP) is 3.30. The van der Waals surface area contributed by atoms with Crippen LogP contribution >= 0.6 is 12.4 Å². The summed E-state index contributed by atoms with van der Waals surface area (Å²) in [4.78, 5) is 0. The molecule has 0 unspecified atom stereocenters. The van der Waals surface area contributed by atoms with Gasteiger partial charge in [0.2, 0.25) is 0 Å². The Balaban J connectivity index is 0.00000225. The number of benzene rings is 1. The summed E-state index contributed by atoms with van der Waals surface area (Å²) in [5.74, 6) is -0.116. The quantitative estimate of drug-likeness (QED) is 0.870. The summed E-state index contributed by atoms with van der Waals surface area (Å²) in [7, 11) is 1.45. The molecule has 0 fully saturated rings. The minimum Gasteiger partial charge on any atom is -0.494 e. The topological polar surface area (TPSA) is 35.2 Å². The fourth-order valence-electron chi connectivity index (χ4n) is 1.37. The Bertz CT molecular complexity index is 349. The van der Waals surface area contributed by atoms with Gasteiger partial charge in [-0.05, 0) is 23.1 Å². The average molecular weight is 248 g/mol. The van der Waals surface area contributed by atoms with Gasteiger partial charge in [-0.2, -0.15) is 0 Å². The van der Waals surface area contributed by atoms with Crippen molar-refractivity contribution in [3.8, 4) is 5.75 Å². The maximum absolute atomic E-state index is 13.2. The molecule has 1 aromatic carbocycles. The molecule has 1 aromatic rings. The van der Waals surface area contributed by atoms with Crippen molar-refractivity contribution in [2.75, 3.05) is 7.11 Å². The first-order chi connectivity index (χ1) is 6.86. The summed E-state index contributed by atoms with van der Waals surface area (Å²) in [6.07, 6.45) is 0. The van der Waals surface area contributed by atoms with Gasteiger partial charge in [0, 0.05) is 6.04 Å². The van der Waals surface area contributed by atoms with E-state index < -0.39 is 0 Å². The first-order valence-electron chi connectivity index (χ1n) is 4.95. The Kier molecular flexibility index (Phi) is 5.23. The van der Waals surface area contributed by atoms with E-state index in [-0.39, 0.29) is 35.4 Å². The molecule has 1 atom stereocenters. The van der Waals surface area contributed by atoms with Crippen molar-refractivity contribution in [1.29, 1.82) is 0 Å². The molecule has 2 nitrogen and oxygen atoms in total. The number of hydrogen-bond donors (Lipinski definition) is 1. The fourth-order valence-corrected chi connectivity index (χ4v) is 1.37. The third kappa shape index (κ3) is 3.35. The molecule has 4 heteroatoms. The van der Waals surface area contributed by atoms with Crippen LogP contribution in [0.15, 0.2) is 18.2 Å². The van der Waals surface area contributed by atoms with Crippen molar-refractivity contribution in [2.45, 2.75) is 26.8 Å². The second kappa shape index (κ2) is 5.51. The van der Waals surface area contributed by atoms with Crippen LogP contribution in [0.25, 0.3) is 0 Å². The predicted molar refractivity (Wildman–Crippen MR) is 66.6 cm³/mol. The molecular weight excluding hydrogens is 229 g/mol. The fraction of sp³-hybridized carbons (Fsp3) is 0.500. The lowest BCUT2D eigenvalue weighted by Crippen LogP contribution is -2.26. The van der Waals surface area contributed by atoms with Gasteiger partial charge < -0.3 is 10.5 Å². The molecule has 0 heterocycles. The van der Waals surface area contributed by atoms with E-state index in [2.05, 4.69) is 0 Å². The second-order valence-electron chi connectivity index (χ2n) is 4.74. The van der Waals surface area contributed by atoms with Gasteiger partial charge in [0.25, 0.3) is 0 Å². The maximum Gasteiger partial charge on any atom is 0.165 e. The molecule has 0 saturated carbocycles. The Labute approximate surface area is 102 Å². The van der Waals surface area contributed by atoms with Crippen LogP contribution in [-0.4, -0.2) is 7.11 Å². The highest BCUT2D eigenvalue weighted by Gasteiger charge is 2.23. The van der Waals surface area contributed by atoms with Gasteiger partial charge >= 0.3 is 0 Å².